The highest BCUT2D eigenvalue weighted by atomic mass is 16.2. The molecule has 3 rings (SSSR count). The highest BCUT2D eigenvalue weighted by Gasteiger charge is 2.11. The molecule has 0 bridgehead atoms. The maximum Gasteiger partial charge on any atom is 0.330 e. The van der Waals surface area contributed by atoms with Crippen LogP contribution < -0.4 is 22.1 Å². The Balaban J connectivity index is 1.47. The summed E-state index contributed by atoms with van der Waals surface area (Å²) in [6.45, 7) is 0.416. The molecule has 0 saturated heterocycles. The van der Waals surface area contributed by atoms with Crippen LogP contribution >= 0.6 is 0 Å². The zero-order valence-corrected chi connectivity index (χ0v) is 14.7. The molecule has 0 spiro atoms. The number of amides is 3. The van der Waals surface area contributed by atoms with Crippen molar-refractivity contribution in [2.24, 2.45) is 5.73 Å². The van der Waals surface area contributed by atoms with Gasteiger partial charge in [0.1, 0.15) is 5.69 Å². The SMILES string of the molecule is NC(=O)c1c[nH]c(C(=O)NCCNC(=O)c2ccc(-n3cc[nH]c3=O)cc2)c1. The van der Waals surface area contributed by atoms with Crippen LogP contribution in [0, 0.1) is 0 Å². The smallest absolute Gasteiger partial charge is 0.330 e. The minimum Gasteiger partial charge on any atom is -0.366 e. The minimum absolute atomic E-state index is 0.201. The third kappa shape index (κ3) is 4.18. The summed E-state index contributed by atoms with van der Waals surface area (Å²) >= 11 is 0. The fourth-order valence-electron chi connectivity index (χ4n) is 2.51. The number of nitrogens with one attached hydrogen (secondary N) is 4. The molecule has 0 unspecified atom stereocenters. The van der Waals surface area contributed by atoms with Crippen LogP contribution in [0.15, 0.2) is 53.7 Å². The van der Waals surface area contributed by atoms with Crippen molar-refractivity contribution in [3.05, 3.63) is 76.2 Å². The largest absolute Gasteiger partial charge is 0.366 e. The first-order valence-corrected chi connectivity index (χ1v) is 8.37. The fourth-order valence-corrected chi connectivity index (χ4v) is 2.51. The van der Waals surface area contributed by atoms with Gasteiger partial charge in [-0.15, -0.1) is 0 Å². The molecule has 28 heavy (non-hydrogen) atoms. The first kappa shape index (κ1) is 18.7. The van der Waals surface area contributed by atoms with E-state index < -0.39 is 11.8 Å². The van der Waals surface area contributed by atoms with Gasteiger partial charge >= 0.3 is 5.69 Å². The van der Waals surface area contributed by atoms with Crippen molar-refractivity contribution in [3.63, 3.8) is 0 Å². The fraction of sp³-hybridized carbons (Fsp3) is 0.111. The summed E-state index contributed by atoms with van der Waals surface area (Å²) in [5.41, 5.74) is 6.34. The number of carbonyl (C=O) groups excluding carboxylic acids is 3. The summed E-state index contributed by atoms with van der Waals surface area (Å²) in [5.74, 6) is -1.35. The molecule has 0 atom stereocenters. The molecule has 10 nitrogen and oxygen atoms in total. The Morgan fingerprint density at radius 2 is 1.64 bits per heavy atom. The predicted octanol–water partition coefficient (Wildman–Crippen LogP) is -0.248. The lowest BCUT2D eigenvalue weighted by atomic mass is 10.2. The van der Waals surface area contributed by atoms with Crippen molar-refractivity contribution in [2.75, 3.05) is 13.1 Å². The van der Waals surface area contributed by atoms with Gasteiger partial charge in [0, 0.05) is 37.2 Å². The van der Waals surface area contributed by atoms with Crippen LogP contribution in [0.25, 0.3) is 5.69 Å². The van der Waals surface area contributed by atoms with Gasteiger partial charge in [-0.1, -0.05) is 0 Å². The summed E-state index contributed by atoms with van der Waals surface area (Å²) in [4.78, 5) is 51.9. The first-order chi connectivity index (χ1) is 13.5. The van der Waals surface area contributed by atoms with E-state index in [1.54, 1.807) is 30.5 Å². The van der Waals surface area contributed by atoms with Crippen LogP contribution in [-0.2, 0) is 0 Å². The molecule has 0 aliphatic rings. The zero-order valence-electron chi connectivity index (χ0n) is 14.7. The minimum atomic E-state index is -0.630. The van der Waals surface area contributed by atoms with E-state index in [4.69, 9.17) is 5.73 Å². The topological polar surface area (TPSA) is 155 Å². The van der Waals surface area contributed by atoms with Crippen LogP contribution in [0.4, 0.5) is 0 Å². The number of hydrogen-bond acceptors (Lipinski definition) is 4. The van der Waals surface area contributed by atoms with Gasteiger partial charge in [-0.2, -0.15) is 0 Å². The van der Waals surface area contributed by atoms with Crippen molar-refractivity contribution in [3.8, 4) is 5.69 Å². The van der Waals surface area contributed by atoms with E-state index in [2.05, 4.69) is 20.6 Å². The highest BCUT2D eigenvalue weighted by Crippen LogP contribution is 2.07. The standard InChI is InChI=1S/C18H18N6O4/c19-15(25)12-9-14(23-10-12)17(27)21-6-5-20-16(26)11-1-3-13(4-2-11)24-8-7-22-18(24)28/h1-4,7-10,23H,5-6H2,(H2,19,25)(H,20,26)(H,21,27)(H,22,28). The second-order valence-electron chi connectivity index (χ2n) is 5.86. The first-order valence-electron chi connectivity index (χ1n) is 8.37. The van der Waals surface area contributed by atoms with E-state index in [9.17, 15) is 19.2 Å². The number of hydrogen-bond donors (Lipinski definition) is 5. The maximum absolute atomic E-state index is 12.1. The second kappa shape index (κ2) is 8.08. The summed E-state index contributed by atoms with van der Waals surface area (Å²) in [7, 11) is 0. The number of H-pyrrole nitrogens is 2. The third-order valence-electron chi connectivity index (χ3n) is 3.97. The number of aromatic amines is 2. The molecule has 2 aromatic heterocycles. The van der Waals surface area contributed by atoms with Crippen molar-refractivity contribution < 1.29 is 14.4 Å². The molecule has 3 amide bonds. The van der Waals surface area contributed by atoms with Gasteiger partial charge in [0.05, 0.1) is 11.3 Å². The summed E-state index contributed by atoms with van der Waals surface area (Å²) < 4.78 is 1.42. The normalized spacial score (nSPS) is 10.4. The molecule has 1 aromatic carbocycles. The van der Waals surface area contributed by atoms with Crippen molar-refractivity contribution >= 4 is 17.7 Å². The maximum atomic E-state index is 12.1. The average molecular weight is 382 g/mol. The van der Waals surface area contributed by atoms with Gasteiger partial charge < -0.3 is 26.3 Å². The van der Waals surface area contributed by atoms with E-state index in [0.717, 1.165) is 0 Å². The van der Waals surface area contributed by atoms with Gasteiger partial charge in [-0.25, -0.2) is 4.79 Å². The summed E-state index contributed by atoms with van der Waals surface area (Å²) in [6, 6.07) is 7.88. The molecule has 0 saturated carbocycles. The van der Waals surface area contributed by atoms with E-state index in [-0.39, 0.29) is 35.9 Å². The summed E-state index contributed by atoms with van der Waals surface area (Å²) in [6.07, 6.45) is 4.47. The molecule has 0 aliphatic carbocycles. The van der Waals surface area contributed by atoms with Gasteiger partial charge in [-0.3, -0.25) is 19.0 Å². The summed E-state index contributed by atoms with van der Waals surface area (Å²) in [5, 5.41) is 5.30. The predicted molar refractivity (Wildman–Crippen MR) is 100 cm³/mol. The van der Waals surface area contributed by atoms with Crippen LogP contribution in [-0.4, -0.2) is 45.3 Å². The van der Waals surface area contributed by atoms with Gasteiger partial charge in [0.2, 0.25) is 5.91 Å². The Hall–Kier alpha value is -4.08. The molecule has 3 aromatic rings. The number of rotatable bonds is 7. The number of aromatic nitrogens is 3. The number of imidazole rings is 1. The molecule has 6 N–H and O–H groups in total. The number of nitrogens with two attached hydrogens (primary N) is 1. The van der Waals surface area contributed by atoms with Crippen molar-refractivity contribution in [1.82, 2.24) is 25.2 Å². The molecule has 144 valence electrons. The molecular formula is C18H18N6O4. The molecular weight excluding hydrogens is 364 g/mol. The molecule has 0 fully saturated rings. The van der Waals surface area contributed by atoms with Crippen LogP contribution in [0.3, 0.4) is 0 Å². The highest BCUT2D eigenvalue weighted by molar-refractivity contribution is 5.98. The molecule has 0 aliphatic heterocycles. The average Bonchev–Trinajstić information content (AvgIpc) is 3.34. The number of benzene rings is 1. The zero-order chi connectivity index (χ0) is 20.1. The van der Waals surface area contributed by atoms with Crippen LogP contribution in [0.5, 0.6) is 0 Å². The van der Waals surface area contributed by atoms with Crippen LogP contribution in [0.1, 0.15) is 31.2 Å². The Kier molecular flexibility index (Phi) is 5.40. The molecule has 0 radical (unpaired) electrons. The van der Waals surface area contributed by atoms with E-state index >= 15 is 0 Å². The lowest BCUT2D eigenvalue weighted by Crippen LogP contribution is -2.34. The lowest BCUT2D eigenvalue weighted by Gasteiger charge is -2.07. The van der Waals surface area contributed by atoms with Gasteiger partial charge in [0.15, 0.2) is 0 Å². The Bertz CT molecular complexity index is 1060. The Morgan fingerprint density at radius 1 is 0.964 bits per heavy atom. The number of carbonyl (C=O) groups is 3. The van der Waals surface area contributed by atoms with Gasteiger partial charge in [-0.05, 0) is 30.3 Å². The van der Waals surface area contributed by atoms with E-state index in [0.29, 0.717) is 11.3 Å². The Morgan fingerprint density at radius 3 is 2.21 bits per heavy atom. The molecule has 10 heteroatoms. The quantitative estimate of drug-likeness (QED) is 0.357. The lowest BCUT2D eigenvalue weighted by molar-refractivity contribution is 0.0925. The van der Waals surface area contributed by atoms with Crippen LogP contribution in [0.2, 0.25) is 0 Å². The second-order valence-corrected chi connectivity index (χ2v) is 5.86. The van der Waals surface area contributed by atoms with Crippen molar-refractivity contribution in [1.29, 1.82) is 0 Å². The molecule has 2 heterocycles. The Labute approximate surface area is 158 Å². The monoisotopic (exact) mass is 382 g/mol. The van der Waals surface area contributed by atoms with Gasteiger partial charge in [0.25, 0.3) is 11.8 Å². The van der Waals surface area contributed by atoms with E-state index in [1.165, 1.54) is 23.0 Å². The number of primary amides is 1. The third-order valence-corrected chi connectivity index (χ3v) is 3.97. The van der Waals surface area contributed by atoms with Crippen molar-refractivity contribution in [2.45, 2.75) is 0 Å². The number of nitrogens with zero attached hydrogens (tertiary/aromatic N) is 1. The van der Waals surface area contributed by atoms with E-state index in [1.807, 2.05) is 0 Å².